The van der Waals surface area contributed by atoms with Crippen LogP contribution in [0.2, 0.25) is 0 Å². The molecule has 2 heterocycles. The van der Waals surface area contributed by atoms with Gasteiger partial charge in [-0.2, -0.15) is 5.10 Å². The summed E-state index contributed by atoms with van der Waals surface area (Å²) in [6, 6.07) is 8.92. The molecule has 0 radical (unpaired) electrons. The lowest BCUT2D eigenvalue weighted by atomic mass is 10.1. The Morgan fingerprint density at radius 1 is 1.29 bits per heavy atom. The summed E-state index contributed by atoms with van der Waals surface area (Å²) in [6.45, 7) is 0.862. The van der Waals surface area contributed by atoms with Crippen molar-refractivity contribution in [2.45, 2.75) is 6.54 Å². The molecule has 6 nitrogen and oxygen atoms in total. The van der Waals surface area contributed by atoms with E-state index in [1.165, 1.54) is 6.20 Å². The number of para-hydroxylation sites is 1. The molecule has 1 aromatic carbocycles. The van der Waals surface area contributed by atoms with Crippen molar-refractivity contribution in [1.29, 1.82) is 0 Å². The van der Waals surface area contributed by atoms with E-state index in [0.717, 1.165) is 0 Å². The van der Waals surface area contributed by atoms with Crippen molar-refractivity contribution >= 4 is 16.9 Å². The van der Waals surface area contributed by atoms with Gasteiger partial charge < -0.3 is 9.84 Å². The fourth-order valence-electron chi connectivity index (χ4n) is 2.13. The monoisotopic (exact) mass is 283 g/mol. The molecule has 0 unspecified atom stereocenters. The summed E-state index contributed by atoms with van der Waals surface area (Å²) >= 11 is 0. The zero-order valence-corrected chi connectivity index (χ0v) is 11.1. The van der Waals surface area contributed by atoms with Crippen molar-refractivity contribution in [3.05, 3.63) is 54.5 Å². The molecular formula is C15H13N3O3. The largest absolute Gasteiger partial charge is 0.489 e. The molecule has 21 heavy (non-hydrogen) atoms. The van der Waals surface area contributed by atoms with E-state index in [0.29, 0.717) is 24.1 Å². The molecule has 0 saturated carbocycles. The normalized spacial score (nSPS) is 10.7. The lowest BCUT2D eigenvalue weighted by molar-refractivity contribution is 0.0694. The van der Waals surface area contributed by atoms with Gasteiger partial charge in [-0.15, -0.1) is 0 Å². The SMILES string of the molecule is O=C(O)c1c(OCCn2cccn2)cnc2ccccc12. The molecule has 0 spiro atoms. The second-order valence-corrected chi connectivity index (χ2v) is 4.44. The maximum Gasteiger partial charge on any atom is 0.340 e. The van der Waals surface area contributed by atoms with Crippen molar-refractivity contribution in [3.63, 3.8) is 0 Å². The summed E-state index contributed by atoms with van der Waals surface area (Å²) in [5, 5.41) is 14.1. The Morgan fingerprint density at radius 2 is 2.14 bits per heavy atom. The minimum Gasteiger partial charge on any atom is -0.489 e. The Balaban J connectivity index is 1.87. The lowest BCUT2D eigenvalue weighted by Crippen LogP contribution is -2.11. The van der Waals surface area contributed by atoms with E-state index in [1.54, 1.807) is 29.1 Å². The third-order valence-electron chi connectivity index (χ3n) is 3.09. The third kappa shape index (κ3) is 2.69. The molecule has 0 saturated heterocycles. The fourth-order valence-corrected chi connectivity index (χ4v) is 2.13. The van der Waals surface area contributed by atoms with Crippen LogP contribution in [0.5, 0.6) is 5.75 Å². The van der Waals surface area contributed by atoms with Crippen LogP contribution in [0.1, 0.15) is 10.4 Å². The van der Waals surface area contributed by atoms with Crippen LogP contribution < -0.4 is 4.74 Å². The van der Waals surface area contributed by atoms with E-state index in [9.17, 15) is 9.90 Å². The Morgan fingerprint density at radius 3 is 2.90 bits per heavy atom. The molecule has 2 aromatic heterocycles. The molecule has 0 atom stereocenters. The minimum atomic E-state index is -1.03. The van der Waals surface area contributed by atoms with Gasteiger partial charge in [0.05, 0.1) is 18.3 Å². The molecule has 3 rings (SSSR count). The number of fused-ring (bicyclic) bond motifs is 1. The first-order valence-electron chi connectivity index (χ1n) is 6.47. The topological polar surface area (TPSA) is 77.2 Å². The summed E-state index contributed by atoms with van der Waals surface area (Å²) in [5.41, 5.74) is 0.774. The standard InChI is InChI=1S/C15H13N3O3/c19-15(20)14-11-4-1-2-5-12(11)16-10-13(14)21-9-8-18-7-3-6-17-18/h1-7,10H,8-9H2,(H,19,20). The van der Waals surface area contributed by atoms with Crippen LogP contribution in [0, 0.1) is 0 Å². The van der Waals surface area contributed by atoms with E-state index < -0.39 is 5.97 Å². The Bertz CT molecular complexity index is 769. The summed E-state index contributed by atoms with van der Waals surface area (Å²) in [6.07, 6.45) is 4.95. The lowest BCUT2D eigenvalue weighted by Gasteiger charge is -2.11. The highest BCUT2D eigenvalue weighted by Crippen LogP contribution is 2.26. The second-order valence-electron chi connectivity index (χ2n) is 4.44. The molecule has 0 fully saturated rings. The van der Waals surface area contributed by atoms with Gasteiger partial charge in [0.1, 0.15) is 12.2 Å². The minimum absolute atomic E-state index is 0.140. The van der Waals surface area contributed by atoms with Crippen LogP contribution in [0.15, 0.2) is 48.9 Å². The molecule has 0 aliphatic heterocycles. The van der Waals surface area contributed by atoms with Crippen LogP contribution in [0.3, 0.4) is 0 Å². The van der Waals surface area contributed by atoms with E-state index in [2.05, 4.69) is 10.1 Å². The van der Waals surface area contributed by atoms with Crippen LogP contribution in [-0.4, -0.2) is 32.4 Å². The summed E-state index contributed by atoms with van der Waals surface area (Å²) in [5.74, 6) is -0.754. The number of hydrogen-bond donors (Lipinski definition) is 1. The van der Waals surface area contributed by atoms with E-state index >= 15 is 0 Å². The Kier molecular flexibility index (Phi) is 3.51. The van der Waals surface area contributed by atoms with Crippen LogP contribution in [-0.2, 0) is 6.54 Å². The molecule has 0 aliphatic carbocycles. The molecule has 106 valence electrons. The van der Waals surface area contributed by atoms with E-state index in [4.69, 9.17) is 4.74 Å². The number of carbonyl (C=O) groups is 1. The van der Waals surface area contributed by atoms with Gasteiger partial charge in [-0.25, -0.2) is 4.79 Å². The van der Waals surface area contributed by atoms with E-state index in [-0.39, 0.29) is 11.3 Å². The third-order valence-corrected chi connectivity index (χ3v) is 3.09. The number of pyridine rings is 1. The molecule has 0 amide bonds. The van der Waals surface area contributed by atoms with Gasteiger partial charge in [0.25, 0.3) is 0 Å². The van der Waals surface area contributed by atoms with Crippen molar-refractivity contribution in [2.24, 2.45) is 0 Å². The first-order valence-corrected chi connectivity index (χ1v) is 6.47. The highest BCUT2D eigenvalue weighted by molar-refractivity contribution is 6.04. The number of hydrogen-bond acceptors (Lipinski definition) is 4. The predicted molar refractivity (Wildman–Crippen MR) is 76.4 cm³/mol. The van der Waals surface area contributed by atoms with Gasteiger partial charge in [-0.1, -0.05) is 18.2 Å². The highest BCUT2D eigenvalue weighted by Gasteiger charge is 2.16. The number of ether oxygens (including phenoxy) is 1. The van der Waals surface area contributed by atoms with Gasteiger partial charge in [-0.3, -0.25) is 9.67 Å². The maximum absolute atomic E-state index is 11.5. The van der Waals surface area contributed by atoms with Crippen molar-refractivity contribution < 1.29 is 14.6 Å². The zero-order valence-electron chi connectivity index (χ0n) is 11.1. The number of aromatic nitrogens is 3. The van der Waals surface area contributed by atoms with Gasteiger partial charge in [0.2, 0.25) is 0 Å². The van der Waals surface area contributed by atoms with Gasteiger partial charge in [0, 0.05) is 17.8 Å². The average molecular weight is 283 g/mol. The zero-order chi connectivity index (χ0) is 14.7. The number of carboxylic acid groups (broad SMARTS) is 1. The first kappa shape index (κ1) is 13.1. The number of carboxylic acids is 1. The predicted octanol–water partition coefficient (Wildman–Crippen LogP) is 2.21. The van der Waals surface area contributed by atoms with Gasteiger partial charge in [0.15, 0.2) is 5.75 Å². The van der Waals surface area contributed by atoms with E-state index in [1.807, 2.05) is 18.3 Å². The molecule has 6 heteroatoms. The van der Waals surface area contributed by atoms with Crippen molar-refractivity contribution in [2.75, 3.05) is 6.61 Å². The molecule has 0 aliphatic rings. The Hall–Kier alpha value is -2.89. The summed E-state index contributed by atoms with van der Waals surface area (Å²) in [4.78, 5) is 15.7. The average Bonchev–Trinajstić information content (AvgIpc) is 3.00. The maximum atomic E-state index is 11.5. The van der Waals surface area contributed by atoms with Gasteiger partial charge in [-0.05, 0) is 12.1 Å². The number of nitrogens with zero attached hydrogens (tertiary/aromatic N) is 3. The number of benzene rings is 1. The quantitative estimate of drug-likeness (QED) is 0.776. The van der Waals surface area contributed by atoms with Crippen LogP contribution in [0.4, 0.5) is 0 Å². The van der Waals surface area contributed by atoms with Crippen LogP contribution in [0.25, 0.3) is 10.9 Å². The van der Waals surface area contributed by atoms with Crippen molar-refractivity contribution in [1.82, 2.24) is 14.8 Å². The van der Waals surface area contributed by atoms with Crippen LogP contribution >= 0.6 is 0 Å². The molecule has 0 bridgehead atoms. The summed E-state index contributed by atoms with van der Waals surface area (Å²) in [7, 11) is 0. The number of rotatable bonds is 5. The highest BCUT2D eigenvalue weighted by atomic mass is 16.5. The smallest absolute Gasteiger partial charge is 0.340 e. The first-order chi connectivity index (χ1) is 10.3. The second kappa shape index (κ2) is 5.62. The molecule has 1 N–H and O–H groups in total. The van der Waals surface area contributed by atoms with Crippen molar-refractivity contribution in [3.8, 4) is 5.75 Å². The van der Waals surface area contributed by atoms with Gasteiger partial charge >= 0.3 is 5.97 Å². The molecule has 3 aromatic rings. The number of aromatic carboxylic acids is 1. The fraction of sp³-hybridized carbons (Fsp3) is 0.133. The summed E-state index contributed by atoms with van der Waals surface area (Å²) < 4.78 is 7.29. The molecular weight excluding hydrogens is 270 g/mol. The Labute approximate surface area is 120 Å².